The van der Waals surface area contributed by atoms with Crippen LogP contribution < -0.4 is 0 Å². The SMILES string of the molecule is C/C=C(/C)C(=O)O[C@H]1C(C)=C2[C@H]([C@@H]1O)[C@@](C)(O)C[C@H](OC(=O)CCC)[C@](O)([C@](C)(O)C(=O)O)[C@H]2O. The molecule has 1 saturated carbocycles. The number of allylic oxidation sites excluding steroid dienone is 1. The van der Waals surface area contributed by atoms with Crippen molar-refractivity contribution in [3.8, 4) is 0 Å². The fraction of sp³-hybridized carbons (Fsp3) is 0.708. The fourth-order valence-electron chi connectivity index (χ4n) is 4.97. The highest BCUT2D eigenvalue weighted by Gasteiger charge is 2.69. The van der Waals surface area contributed by atoms with E-state index in [9.17, 15) is 45.0 Å². The Morgan fingerprint density at radius 1 is 1.20 bits per heavy atom. The van der Waals surface area contributed by atoms with Gasteiger partial charge in [0.25, 0.3) is 0 Å². The number of carbonyl (C=O) groups is 3. The Morgan fingerprint density at radius 3 is 2.26 bits per heavy atom. The maximum atomic E-state index is 12.4. The van der Waals surface area contributed by atoms with Gasteiger partial charge in [0.05, 0.1) is 5.60 Å². The van der Waals surface area contributed by atoms with Crippen molar-refractivity contribution in [2.24, 2.45) is 5.92 Å². The van der Waals surface area contributed by atoms with Crippen LogP contribution in [0.2, 0.25) is 0 Å². The van der Waals surface area contributed by atoms with Crippen LogP contribution in [0.4, 0.5) is 0 Å². The summed E-state index contributed by atoms with van der Waals surface area (Å²) in [6.45, 7) is 8.17. The van der Waals surface area contributed by atoms with Gasteiger partial charge in [-0.3, -0.25) is 4.79 Å². The van der Waals surface area contributed by atoms with Gasteiger partial charge in [-0.1, -0.05) is 13.0 Å². The van der Waals surface area contributed by atoms with E-state index >= 15 is 0 Å². The summed E-state index contributed by atoms with van der Waals surface area (Å²) in [5, 5.41) is 66.2. The van der Waals surface area contributed by atoms with E-state index in [4.69, 9.17) is 9.47 Å². The topological polar surface area (TPSA) is 191 Å². The van der Waals surface area contributed by atoms with Crippen LogP contribution in [-0.2, 0) is 23.9 Å². The number of aliphatic hydroxyl groups is 5. The van der Waals surface area contributed by atoms with Crippen LogP contribution in [0, 0.1) is 5.92 Å². The molecule has 0 aliphatic heterocycles. The van der Waals surface area contributed by atoms with Crippen LogP contribution in [0.25, 0.3) is 0 Å². The molecule has 8 atom stereocenters. The molecule has 0 aromatic heterocycles. The van der Waals surface area contributed by atoms with Crippen molar-refractivity contribution >= 4 is 17.9 Å². The zero-order valence-electron chi connectivity index (χ0n) is 20.8. The van der Waals surface area contributed by atoms with Crippen LogP contribution in [-0.4, -0.2) is 89.8 Å². The van der Waals surface area contributed by atoms with Crippen LogP contribution in [0.15, 0.2) is 22.8 Å². The molecule has 2 aliphatic carbocycles. The van der Waals surface area contributed by atoms with Crippen LogP contribution in [0.1, 0.15) is 60.8 Å². The number of hydrogen-bond acceptors (Lipinski definition) is 10. The molecule has 0 aromatic carbocycles. The zero-order chi connectivity index (χ0) is 27.1. The summed E-state index contributed by atoms with van der Waals surface area (Å²) in [5.41, 5.74) is -8.02. The van der Waals surface area contributed by atoms with Crippen molar-refractivity contribution in [2.75, 3.05) is 0 Å². The summed E-state index contributed by atoms with van der Waals surface area (Å²) < 4.78 is 10.7. The summed E-state index contributed by atoms with van der Waals surface area (Å²) in [5.74, 6) is -4.88. The van der Waals surface area contributed by atoms with Crippen molar-refractivity contribution in [3.05, 3.63) is 22.8 Å². The standard InChI is InChI=1S/C24H36O11/c1-7-9-14(25)34-13-10-22(5,31)16-15(19(27)24(13,33)23(6,32)21(29)30)12(4)18(17(16)26)35-20(28)11(3)8-2/h8,13,16-19,26-27,31-33H,7,9-10H2,1-6H3,(H,29,30)/b11-8-/t13-,16+,17-,18-,19-,22-,23+,24+/m0/s1. The fourth-order valence-corrected chi connectivity index (χ4v) is 4.97. The van der Waals surface area contributed by atoms with E-state index in [1.165, 1.54) is 26.8 Å². The number of aliphatic carboxylic acids is 1. The molecule has 0 unspecified atom stereocenters. The molecular formula is C24H36O11. The largest absolute Gasteiger partial charge is 0.479 e. The van der Waals surface area contributed by atoms with Gasteiger partial charge in [0.15, 0.2) is 11.2 Å². The van der Waals surface area contributed by atoms with Crippen molar-refractivity contribution in [1.82, 2.24) is 0 Å². The molecular weight excluding hydrogens is 464 g/mol. The predicted octanol–water partition coefficient (Wildman–Crippen LogP) is -0.0342. The number of rotatable bonds is 7. The molecule has 11 heteroatoms. The molecule has 0 radical (unpaired) electrons. The van der Waals surface area contributed by atoms with Gasteiger partial charge in [0.2, 0.25) is 0 Å². The average Bonchev–Trinajstić information content (AvgIpc) is 2.98. The minimum absolute atomic E-state index is 0.0627. The number of carboxylic acids is 1. The average molecular weight is 501 g/mol. The lowest BCUT2D eigenvalue weighted by atomic mass is 9.73. The van der Waals surface area contributed by atoms with Gasteiger partial charge < -0.3 is 40.1 Å². The van der Waals surface area contributed by atoms with E-state index in [0.717, 1.165) is 6.92 Å². The summed E-state index contributed by atoms with van der Waals surface area (Å²) in [4.78, 5) is 36.7. The van der Waals surface area contributed by atoms with Crippen LogP contribution >= 0.6 is 0 Å². The summed E-state index contributed by atoms with van der Waals surface area (Å²) in [6, 6.07) is 0. The van der Waals surface area contributed by atoms with E-state index in [-0.39, 0.29) is 23.1 Å². The number of fused-ring (bicyclic) bond motifs is 1. The summed E-state index contributed by atoms with van der Waals surface area (Å²) >= 11 is 0. The Morgan fingerprint density at radius 2 is 1.77 bits per heavy atom. The molecule has 35 heavy (non-hydrogen) atoms. The molecule has 2 aliphatic rings. The Labute approximate surface area is 203 Å². The smallest absolute Gasteiger partial charge is 0.338 e. The van der Waals surface area contributed by atoms with Gasteiger partial charge >= 0.3 is 17.9 Å². The van der Waals surface area contributed by atoms with E-state index < -0.39 is 71.5 Å². The van der Waals surface area contributed by atoms with E-state index in [1.54, 1.807) is 13.8 Å². The van der Waals surface area contributed by atoms with E-state index in [0.29, 0.717) is 6.42 Å². The molecule has 198 valence electrons. The first-order valence-electron chi connectivity index (χ1n) is 11.5. The maximum Gasteiger partial charge on any atom is 0.338 e. The number of ether oxygens (including phenoxy) is 2. The minimum Gasteiger partial charge on any atom is -0.479 e. The van der Waals surface area contributed by atoms with Gasteiger partial charge in [-0.15, -0.1) is 0 Å². The molecule has 0 bridgehead atoms. The lowest BCUT2D eigenvalue weighted by Gasteiger charge is -2.45. The Balaban J connectivity index is 2.74. The number of carbonyl (C=O) groups excluding carboxylic acids is 2. The highest BCUT2D eigenvalue weighted by molar-refractivity contribution is 5.88. The van der Waals surface area contributed by atoms with Gasteiger partial charge in [-0.25, -0.2) is 9.59 Å². The second-order valence-corrected chi connectivity index (χ2v) is 9.80. The first kappa shape index (κ1) is 28.9. The summed E-state index contributed by atoms with van der Waals surface area (Å²) in [7, 11) is 0. The van der Waals surface area contributed by atoms with E-state index in [2.05, 4.69) is 0 Å². The first-order valence-corrected chi connectivity index (χ1v) is 11.5. The molecule has 0 spiro atoms. The molecule has 0 aromatic rings. The minimum atomic E-state index is -3.07. The Hall–Kier alpha value is -2.31. The third kappa shape index (κ3) is 4.75. The molecule has 0 heterocycles. The van der Waals surface area contributed by atoms with Crippen LogP contribution in [0.3, 0.4) is 0 Å². The van der Waals surface area contributed by atoms with Gasteiger partial charge in [-0.05, 0) is 52.2 Å². The first-order chi connectivity index (χ1) is 16.0. The number of carboxylic acid groups (broad SMARTS) is 1. The molecule has 6 N–H and O–H groups in total. The van der Waals surface area contributed by atoms with Crippen molar-refractivity contribution < 1.29 is 54.5 Å². The van der Waals surface area contributed by atoms with Gasteiger partial charge in [0.1, 0.15) is 24.4 Å². The van der Waals surface area contributed by atoms with Gasteiger partial charge in [0, 0.05) is 24.3 Å². The molecule has 0 amide bonds. The lowest BCUT2D eigenvalue weighted by Crippen LogP contribution is -2.70. The lowest BCUT2D eigenvalue weighted by molar-refractivity contribution is -0.246. The highest BCUT2D eigenvalue weighted by atomic mass is 16.6. The Kier molecular flexibility index (Phi) is 8.25. The number of hydrogen-bond donors (Lipinski definition) is 6. The normalized spacial score (nSPS) is 37.2. The number of aliphatic hydroxyl groups excluding tert-OH is 2. The van der Waals surface area contributed by atoms with Gasteiger partial charge in [-0.2, -0.15) is 0 Å². The Bertz CT molecular complexity index is 932. The second kappa shape index (κ2) is 9.98. The maximum absolute atomic E-state index is 12.4. The second-order valence-electron chi connectivity index (χ2n) is 9.80. The highest BCUT2D eigenvalue weighted by Crippen LogP contribution is 2.52. The van der Waals surface area contributed by atoms with Crippen molar-refractivity contribution in [2.45, 2.75) is 102 Å². The molecule has 1 fully saturated rings. The monoisotopic (exact) mass is 500 g/mol. The third-order valence-corrected chi connectivity index (χ3v) is 7.25. The predicted molar refractivity (Wildman–Crippen MR) is 121 cm³/mol. The summed E-state index contributed by atoms with van der Waals surface area (Å²) in [6.07, 6.45) is -5.92. The molecule has 0 saturated heterocycles. The quantitative estimate of drug-likeness (QED) is 0.156. The molecule has 2 rings (SSSR count). The van der Waals surface area contributed by atoms with Crippen LogP contribution in [0.5, 0.6) is 0 Å². The zero-order valence-corrected chi connectivity index (χ0v) is 20.8. The van der Waals surface area contributed by atoms with Crippen molar-refractivity contribution in [1.29, 1.82) is 0 Å². The third-order valence-electron chi connectivity index (χ3n) is 7.25. The van der Waals surface area contributed by atoms with E-state index in [1.807, 2.05) is 0 Å². The molecule has 11 nitrogen and oxygen atoms in total. The van der Waals surface area contributed by atoms with Crippen molar-refractivity contribution in [3.63, 3.8) is 0 Å². The number of esters is 2.